The molecule has 0 aliphatic carbocycles. The van der Waals surface area contributed by atoms with Crippen LogP contribution in [-0.4, -0.2) is 20.5 Å². The zero-order chi connectivity index (χ0) is 17.4. The van der Waals surface area contributed by atoms with Crippen molar-refractivity contribution in [1.82, 2.24) is 14.6 Å². The average molecular weight is 352 g/mol. The molecule has 7 heteroatoms. The molecule has 1 aromatic carbocycles. The molecular weight excluding hydrogens is 339 g/mol. The van der Waals surface area contributed by atoms with E-state index in [0.29, 0.717) is 11.2 Å². The number of thiophene rings is 1. The van der Waals surface area contributed by atoms with Gasteiger partial charge in [-0.25, -0.2) is 13.9 Å². The minimum Gasteiger partial charge on any atom is -0.319 e. The quantitative estimate of drug-likeness (QED) is 0.602. The van der Waals surface area contributed by atoms with E-state index in [2.05, 4.69) is 15.4 Å². The number of aromatic nitrogens is 3. The molecule has 5 nitrogen and oxygen atoms in total. The summed E-state index contributed by atoms with van der Waals surface area (Å²) in [4.78, 5) is 17.9. The maximum Gasteiger partial charge on any atom is 0.261 e. The molecule has 3 heterocycles. The van der Waals surface area contributed by atoms with Crippen LogP contribution in [0.25, 0.3) is 16.2 Å². The number of hydrogen-bond acceptors (Lipinski definition) is 4. The first-order valence-electron chi connectivity index (χ1n) is 7.57. The zero-order valence-electron chi connectivity index (χ0n) is 13.2. The van der Waals surface area contributed by atoms with E-state index in [9.17, 15) is 9.18 Å². The number of carbonyl (C=O) groups is 1. The van der Waals surface area contributed by atoms with E-state index in [1.807, 2.05) is 30.5 Å². The fourth-order valence-electron chi connectivity index (χ4n) is 2.59. The van der Waals surface area contributed by atoms with Gasteiger partial charge in [0.2, 0.25) is 0 Å². The summed E-state index contributed by atoms with van der Waals surface area (Å²) in [7, 11) is 0. The van der Waals surface area contributed by atoms with Crippen LogP contribution in [0, 0.1) is 12.7 Å². The Morgan fingerprint density at radius 1 is 1.28 bits per heavy atom. The number of halogens is 1. The van der Waals surface area contributed by atoms with Crippen LogP contribution in [0.1, 0.15) is 15.9 Å². The summed E-state index contributed by atoms with van der Waals surface area (Å²) < 4.78 is 15.5. The molecule has 0 aliphatic rings. The minimum atomic E-state index is -0.484. The third-order valence-electron chi connectivity index (χ3n) is 3.79. The maximum absolute atomic E-state index is 13.9. The summed E-state index contributed by atoms with van der Waals surface area (Å²) in [6.45, 7) is 1.83. The predicted molar refractivity (Wildman–Crippen MR) is 95.4 cm³/mol. The second-order valence-electron chi connectivity index (χ2n) is 5.54. The molecule has 0 aliphatic heterocycles. The summed E-state index contributed by atoms with van der Waals surface area (Å²) in [5, 5.41) is 8.85. The van der Waals surface area contributed by atoms with Crippen LogP contribution in [0.5, 0.6) is 0 Å². The average Bonchev–Trinajstić information content (AvgIpc) is 3.27. The normalized spacial score (nSPS) is 11.0. The number of fused-ring (bicyclic) bond motifs is 1. The van der Waals surface area contributed by atoms with Crippen LogP contribution >= 0.6 is 11.3 Å². The Balaban J connectivity index is 1.74. The smallest absolute Gasteiger partial charge is 0.261 e. The lowest BCUT2D eigenvalue weighted by atomic mass is 10.2. The molecular formula is C18H13FN4OS. The van der Waals surface area contributed by atoms with Gasteiger partial charge in [0, 0.05) is 6.20 Å². The fraction of sp³-hybridized carbons (Fsp3) is 0.0556. The Labute approximate surface area is 146 Å². The van der Waals surface area contributed by atoms with Crippen molar-refractivity contribution in [2.45, 2.75) is 6.92 Å². The lowest BCUT2D eigenvalue weighted by Gasteiger charge is -2.07. The molecule has 124 valence electrons. The van der Waals surface area contributed by atoms with E-state index < -0.39 is 11.7 Å². The van der Waals surface area contributed by atoms with Crippen molar-refractivity contribution in [3.05, 3.63) is 71.1 Å². The second-order valence-corrected chi connectivity index (χ2v) is 6.49. The Bertz CT molecular complexity index is 1070. The van der Waals surface area contributed by atoms with Gasteiger partial charge in [-0.15, -0.1) is 11.3 Å². The summed E-state index contributed by atoms with van der Waals surface area (Å²) in [6, 6.07) is 10.3. The monoisotopic (exact) mass is 352 g/mol. The lowest BCUT2D eigenvalue weighted by Crippen LogP contribution is -2.13. The van der Waals surface area contributed by atoms with Gasteiger partial charge in [0.1, 0.15) is 11.4 Å². The number of nitrogens with zero attached hydrogens (tertiary/aromatic N) is 3. The van der Waals surface area contributed by atoms with Gasteiger partial charge in [0.25, 0.3) is 5.91 Å². The highest BCUT2D eigenvalue weighted by molar-refractivity contribution is 7.13. The van der Waals surface area contributed by atoms with Crippen molar-refractivity contribution >= 4 is 28.6 Å². The highest BCUT2D eigenvalue weighted by Crippen LogP contribution is 2.25. The van der Waals surface area contributed by atoms with Crippen LogP contribution in [0.15, 0.2) is 54.2 Å². The van der Waals surface area contributed by atoms with Gasteiger partial charge >= 0.3 is 0 Å². The molecule has 25 heavy (non-hydrogen) atoms. The highest BCUT2D eigenvalue weighted by atomic mass is 32.1. The Morgan fingerprint density at radius 2 is 2.16 bits per heavy atom. The fourth-order valence-corrected chi connectivity index (χ4v) is 3.32. The van der Waals surface area contributed by atoms with Gasteiger partial charge in [0.15, 0.2) is 5.65 Å². The second kappa shape index (κ2) is 6.10. The maximum atomic E-state index is 13.9. The van der Waals surface area contributed by atoms with E-state index in [-0.39, 0.29) is 5.69 Å². The summed E-state index contributed by atoms with van der Waals surface area (Å²) in [5.74, 6) is -0.932. The third-order valence-corrected chi connectivity index (χ3v) is 4.68. The predicted octanol–water partition coefficient (Wildman–Crippen LogP) is 4.16. The molecule has 0 saturated heterocycles. The lowest BCUT2D eigenvalue weighted by molar-refractivity contribution is 0.102. The molecule has 0 unspecified atom stereocenters. The number of anilines is 1. The number of amides is 1. The van der Waals surface area contributed by atoms with Crippen LogP contribution in [-0.2, 0) is 0 Å². The van der Waals surface area contributed by atoms with Gasteiger partial charge in [-0.2, -0.15) is 5.10 Å². The topological polar surface area (TPSA) is 59.3 Å². The van der Waals surface area contributed by atoms with Gasteiger partial charge in [-0.05, 0) is 42.1 Å². The molecule has 1 N–H and O–H groups in total. The number of benzene rings is 1. The van der Waals surface area contributed by atoms with Crippen molar-refractivity contribution in [3.8, 4) is 10.6 Å². The van der Waals surface area contributed by atoms with Crippen molar-refractivity contribution in [2.75, 3.05) is 5.32 Å². The van der Waals surface area contributed by atoms with Crippen molar-refractivity contribution in [2.24, 2.45) is 0 Å². The van der Waals surface area contributed by atoms with Crippen molar-refractivity contribution < 1.29 is 9.18 Å². The van der Waals surface area contributed by atoms with Gasteiger partial charge in [-0.1, -0.05) is 12.1 Å². The molecule has 0 saturated carbocycles. The summed E-state index contributed by atoms with van der Waals surface area (Å²) in [5.41, 5.74) is 2.56. The van der Waals surface area contributed by atoms with E-state index >= 15 is 0 Å². The highest BCUT2D eigenvalue weighted by Gasteiger charge is 2.17. The van der Waals surface area contributed by atoms with Gasteiger partial charge in [-0.3, -0.25) is 4.79 Å². The largest absolute Gasteiger partial charge is 0.319 e. The molecule has 0 radical (unpaired) electrons. The van der Waals surface area contributed by atoms with Gasteiger partial charge in [0.05, 0.1) is 22.5 Å². The Kier molecular flexibility index (Phi) is 3.77. The molecule has 0 atom stereocenters. The summed E-state index contributed by atoms with van der Waals surface area (Å²) >= 11 is 1.58. The van der Waals surface area contributed by atoms with E-state index in [1.165, 1.54) is 12.3 Å². The SMILES string of the molecule is Cc1ccc(F)c(NC(=O)c2cnn3c(-c4cccs4)ccnc23)c1. The number of aryl methyl sites for hydroxylation is 1. The first kappa shape index (κ1) is 15.5. The first-order chi connectivity index (χ1) is 12.1. The number of hydrogen-bond donors (Lipinski definition) is 1. The number of rotatable bonds is 3. The van der Waals surface area contributed by atoms with Crippen LogP contribution in [0.3, 0.4) is 0 Å². The van der Waals surface area contributed by atoms with Crippen LogP contribution < -0.4 is 5.32 Å². The molecule has 4 rings (SSSR count). The Morgan fingerprint density at radius 3 is 2.96 bits per heavy atom. The third kappa shape index (κ3) is 2.78. The van der Waals surface area contributed by atoms with E-state index in [4.69, 9.17) is 0 Å². The van der Waals surface area contributed by atoms with E-state index in [1.54, 1.807) is 34.2 Å². The molecule has 3 aromatic heterocycles. The summed E-state index contributed by atoms with van der Waals surface area (Å²) in [6.07, 6.45) is 3.08. The minimum absolute atomic E-state index is 0.138. The molecule has 4 aromatic rings. The van der Waals surface area contributed by atoms with Crippen molar-refractivity contribution in [3.63, 3.8) is 0 Å². The van der Waals surface area contributed by atoms with Crippen molar-refractivity contribution in [1.29, 1.82) is 0 Å². The van der Waals surface area contributed by atoms with Crippen LogP contribution in [0.2, 0.25) is 0 Å². The van der Waals surface area contributed by atoms with Gasteiger partial charge < -0.3 is 5.32 Å². The van der Waals surface area contributed by atoms with E-state index in [0.717, 1.165) is 16.1 Å². The standard InChI is InChI=1S/C18H13FN4OS/c1-11-4-5-13(19)14(9-11)22-18(24)12-10-21-23-15(6-7-20-17(12)23)16-3-2-8-25-16/h2-10H,1H3,(H,22,24). The number of nitrogens with one attached hydrogen (secondary N) is 1. The molecule has 0 spiro atoms. The molecule has 0 bridgehead atoms. The van der Waals surface area contributed by atoms with Crippen LogP contribution in [0.4, 0.5) is 10.1 Å². The molecule has 0 fully saturated rings. The first-order valence-corrected chi connectivity index (χ1v) is 8.45. The Hall–Kier alpha value is -3.06. The number of carbonyl (C=O) groups excluding carboxylic acids is 1. The molecule has 1 amide bonds. The zero-order valence-corrected chi connectivity index (χ0v) is 14.0.